The summed E-state index contributed by atoms with van der Waals surface area (Å²) >= 11 is 0. The van der Waals surface area contributed by atoms with Crippen LogP contribution >= 0.6 is 0 Å². The largest absolute Gasteiger partial charge is 0.481 e. The number of carboxylic acid groups (broad SMARTS) is 1. The van der Waals surface area contributed by atoms with Gasteiger partial charge in [0.2, 0.25) is 0 Å². The zero-order valence-electron chi connectivity index (χ0n) is 26.2. The first kappa shape index (κ1) is 31.6. The smallest absolute Gasteiger partial charge is 0.306 e. The minimum absolute atomic E-state index is 0.0213. The normalized spacial score (nSPS) is 37.7. The van der Waals surface area contributed by atoms with Crippen molar-refractivity contribution >= 4 is 11.9 Å². The zero-order chi connectivity index (χ0) is 29.1. The average Bonchev–Trinajstić information content (AvgIpc) is 3.17. The van der Waals surface area contributed by atoms with E-state index in [4.69, 9.17) is 9.84 Å². The molecule has 0 heterocycles. The Kier molecular flexibility index (Phi) is 10.2. The van der Waals surface area contributed by atoms with Gasteiger partial charge in [-0.05, 0) is 98.2 Å². The van der Waals surface area contributed by atoms with E-state index < -0.39 is 11.6 Å². The number of ether oxygens (including phenoxy) is 1. The molecule has 0 saturated heterocycles. The summed E-state index contributed by atoms with van der Waals surface area (Å²) in [7, 11) is 0. The minimum Gasteiger partial charge on any atom is -0.481 e. The van der Waals surface area contributed by atoms with Gasteiger partial charge in [0, 0.05) is 19.3 Å². The number of unbranched alkanes of at least 4 members (excludes halogenated alkanes) is 3. The molecule has 0 amide bonds. The fraction of sp³-hybridized carbons (Fsp3) is 0.886. The first-order valence-corrected chi connectivity index (χ1v) is 16.7. The van der Waals surface area contributed by atoms with Gasteiger partial charge in [-0.3, -0.25) is 9.59 Å². The molecule has 0 aromatic rings. The lowest BCUT2D eigenvalue weighted by Crippen LogP contribution is -2.60. The van der Waals surface area contributed by atoms with Crippen molar-refractivity contribution in [3.63, 3.8) is 0 Å². The first-order chi connectivity index (χ1) is 18.9. The number of allylic oxidation sites excluding steroid dienone is 1. The highest BCUT2D eigenvalue weighted by Crippen LogP contribution is 2.69. The SMILES string of the molecule is CC(C)CCC[C@@H](C)C1CC[C@@]2(O)C3CC=C4C[C@@H](OC(=O)CCCCCCC(=O)O)CC[C@]4(C)C3CC[C@]12C. The molecule has 5 heteroatoms. The average molecular weight is 559 g/mol. The fourth-order valence-corrected chi connectivity index (χ4v) is 9.84. The van der Waals surface area contributed by atoms with Gasteiger partial charge >= 0.3 is 11.9 Å². The number of esters is 1. The van der Waals surface area contributed by atoms with E-state index in [2.05, 4.69) is 40.7 Å². The molecule has 40 heavy (non-hydrogen) atoms. The zero-order valence-corrected chi connectivity index (χ0v) is 26.2. The molecule has 5 nitrogen and oxygen atoms in total. The van der Waals surface area contributed by atoms with Gasteiger partial charge in [0.15, 0.2) is 0 Å². The number of carbonyl (C=O) groups excluding carboxylic acids is 1. The maximum absolute atomic E-state index is 12.5. The van der Waals surface area contributed by atoms with Crippen LogP contribution in [0.4, 0.5) is 0 Å². The van der Waals surface area contributed by atoms with Crippen LogP contribution in [0.5, 0.6) is 0 Å². The Labute approximate surface area is 243 Å². The van der Waals surface area contributed by atoms with Gasteiger partial charge in [0.05, 0.1) is 5.60 Å². The third kappa shape index (κ3) is 6.35. The van der Waals surface area contributed by atoms with Crippen LogP contribution in [-0.4, -0.2) is 33.9 Å². The molecule has 4 rings (SSSR count). The lowest BCUT2D eigenvalue weighted by Gasteiger charge is -2.61. The standard InChI is InChI=1S/C35H58O5/c1-24(2)11-10-12-25(3)28-19-22-35(39)30-16-15-26-23-27(40-32(38)14-9-7-6-8-13-31(36)37)17-20-33(26,4)29(30)18-21-34(28,35)5/h15,24-25,27-30,39H,6-14,16-23H2,1-5H3,(H,36,37)/t25-,27+,28?,29?,30?,33+,34-,35-/m1/s1. The molecule has 4 aliphatic rings. The Morgan fingerprint density at radius 3 is 2.35 bits per heavy atom. The summed E-state index contributed by atoms with van der Waals surface area (Å²) in [6.45, 7) is 12.0. The monoisotopic (exact) mass is 558 g/mol. The van der Waals surface area contributed by atoms with Gasteiger partial charge < -0.3 is 14.9 Å². The van der Waals surface area contributed by atoms with Crippen LogP contribution in [-0.2, 0) is 14.3 Å². The molecular weight excluding hydrogens is 500 g/mol. The molecule has 8 atom stereocenters. The molecule has 3 unspecified atom stereocenters. The number of aliphatic carboxylic acids is 1. The Morgan fingerprint density at radius 1 is 0.925 bits per heavy atom. The summed E-state index contributed by atoms with van der Waals surface area (Å²) in [6.07, 6.45) is 18.3. The summed E-state index contributed by atoms with van der Waals surface area (Å²) in [6, 6.07) is 0. The maximum atomic E-state index is 12.5. The first-order valence-electron chi connectivity index (χ1n) is 16.7. The van der Waals surface area contributed by atoms with Crippen molar-refractivity contribution in [1.29, 1.82) is 0 Å². The second kappa shape index (κ2) is 12.9. The number of hydrogen-bond acceptors (Lipinski definition) is 4. The summed E-state index contributed by atoms with van der Waals surface area (Å²) in [5, 5.41) is 21.3. The number of carboxylic acids is 1. The third-order valence-electron chi connectivity index (χ3n) is 12.3. The predicted octanol–water partition coefficient (Wildman–Crippen LogP) is 8.48. The van der Waals surface area contributed by atoms with Gasteiger partial charge in [-0.25, -0.2) is 0 Å². The van der Waals surface area contributed by atoms with Gasteiger partial charge in [-0.15, -0.1) is 0 Å². The summed E-state index contributed by atoms with van der Waals surface area (Å²) in [5.41, 5.74) is 1.03. The molecule has 0 aliphatic heterocycles. The van der Waals surface area contributed by atoms with Crippen molar-refractivity contribution in [1.82, 2.24) is 0 Å². The van der Waals surface area contributed by atoms with Crippen molar-refractivity contribution in [2.75, 3.05) is 0 Å². The van der Waals surface area contributed by atoms with Crippen LogP contribution in [0.1, 0.15) is 144 Å². The molecule has 2 N–H and O–H groups in total. The van der Waals surface area contributed by atoms with Gasteiger partial charge in [0.25, 0.3) is 0 Å². The number of rotatable bonds is 13. The molecule has 0 spiro atoms. The van der Waals surface area contributed by atoms with E-state index in [1.54, 1.807) is 0 Å². The molecule has 0 aromatic carbocycles. The quantitative estimate of drug-likeness (QED) is 0.135. The highest BCUT2D eigenvalue weighted by atomic mass is 16.5. The Morgan fingerprint density at radius 2 is 1.65 bits per heavy atom. The molecule has 0 aromatic heterocycles. The van der Waals surface area contributed by atoms with E-state index in [0.717, 1.165) is 63.7 Å². The van der Waals surface area contributed by atoms with E-state index in [1.807, 2.05) is 0 Å². The van der Waals surface area contributed by atoms with Crippen molar-refractivity contribution in [3.05, 3.63) is 11.6 Å². The van der Waals surface area contributed by atoms with Gasteiger partial charge in [-0.2, -0.15) is 0 Å². The van der Waals surface area contributed by atoms with Crippen molar-refractivity contribution in [2.45, 2.75) is 155 Å². The van der Waals surface area contributed by atoms with Crippen LogP contribution in [0.3, 0.4) is 0 Å². The molecule has 0 bridgehead atoms. The molecule has 3 saturated carbocycles. The second-order valence-corrected chi connectivity index (χ2v) is 15.1. The third-order valence-corrected chi connectivity index (χ3v) is 12.3. The molecule has 228 valence electrons. The summed E-state index contributed by atoms with van der Waals surface area (Å²) < 4.78 is 5.94. The van der Waals surface area contributed by atoms with Crippen molar-refractivity contribution < 1.29 is 24.5 Å². The van der Waals surface area contributed by atoms with Crippen molar-refractivity contribution in [2.24, 2.45) is 40.4 Å². The van der Waals surface area contributed by atoms with Crippen LogP contribution in [0.2, 0.25) is 0 Å². The summed E-state index contributed by atoms with van der Waals surface area (Å²) in [4.78, 5) is 23.2. The van der Waals surface area contributed by atoms with Gasteiger partial charge in [-0.1, -0.05) is 78.4 Å². The highest BCUT2D eigenvalue weighted by molar-refractivity contribution is 5.69. The van der Waals surface area contributed by atoms with E-state index in [1.165, 1.54) is 37.7 Å². The molecular formula is C35H58O5. The molecule has 0 radical (unpaired) electrons. The van der Waals surface area contributed by atoms with Crippen molar-refractivity contribution in [3.8, 4) is 0 Å². The Hall–Kier alpha value is -1.36. The van der Waals surface area contributed by atoms with Crippen LogP contribution in [0.25, 0.3) is 0 Å². The highest BCUT2D eigenvalue weighted by Gasteiger charge is 2.66. The van der Waals surface area contributed by atoms with E-state index in [-0.39, 0.29) is 29.3 Å². The molecule has 4 aliphatic carbocycles. The number of aliphatic hydroxyl groups is 1. The van der Waals surface area contributed by atoms with Crippen LogP contribution in [0.15, 0.2) is 11.6 Å². The Bertz CT molecular complexity index is 925. The number of carbonyl (C=O) groups is 2. The number of fused-ring (bicyclic) bond motifs is 5. The Balaban J connectivity index is 1.34. The molecule has 3 fully saturated rings. The number of hydrogen-bond donors (Lipinski definition) is 2. The topological polar surface area (TPSA) is 83.8 Å². The maximum Gasteiger partial charge on any atom is 0.306 e. The summed E-state index contributed by atoms with van der Waals surface area (Å²) in [5.74, 6) is 2.06. The second-order valence-electron chi connectivity index (χ2n) is 15.1. The predicted molar refractivity (Wildman–Crippen MR) is 160 cm³/mol. The lowest BCUT2D eigenvalue weighted by molar-refractivity contribution is -0.184. The van der Waals surface area contributed by atoms with E-state index >= 15 is 0 Å². The van der Waals surface area contributed by atoms with E-state index in [0.29, 0.717) is 36.5 Å². The van der Waals surface area contributed by atoms with Crippen LogP contribution in [0, 0.1) is 40.4 Å². The fourth-order valence-electron chi connectivity index (χ4n) is 9.84. The lowest BCUT2D eigenvalue weighted by atomic mass is 9.45. The van der Waals surface area contributed by atoms with Gasteiger partial charge in [0.1, 0.15) is 6.10 Å². The minimum atomic E-state index is -0.752. The van der Waals surface area contributed by atoms with Crippen LogP contribution < -0.4 is 0 Å². The van der Waals surface area contributed by atoms with E-state index in [9.17, 15) is 14.7 Å².